The fourth-order valence-electron chi connectivity index (χ4n) is 7.50. The van der Waals surface area contributed by atoms with Gasteiger partial charge in [-0.1, -0.05) is 56.5 Å². The number of benzene rings is 2. The molecule has 0 atom stereocenters. The van der Waals surface area contributed by atoms with Gasteiger partial charge in [-0.3, -0.25) is 0 Å². The first-order chi connectivity index (χ1) is 25.3. The molecule has 9 nitrogen and oxygen atoms in total. The van der Waals surface area contributed by atoms with Crippen molar-refractivity contribution < 1.29 is 8.78 Å². The number of aryl methyl sites for hydroxylation is 3. The number of halogens is 4. The van der Waals surface area contributed by atoms with Crippen molar-refractivity contribution in [1.29, 1.82) is 0 Å². The number of nitrogens with one attached hydrogen (secondary N) is 1. The van der Waals surface area contributed by atoms with Crippen LogP contribution in [0.1, 0.15) is 53.4 Å². The van der Waals surface area contributed by atoms with Gasteiger partial charge in [0.2, 0.25) is 5.95 Å². The van der Waals surface area contributed by atoms with Crippen molar-refractivity contribution in [3.05, 3.63) is 118 Å². The van der Waals surface area contributed by atoms with E-state index in [1.165, 1.54) is 17.2 Å². The summed E-state index contributed by atoms with van der Waals surface area (Å²) < 4.78 is 28.8. The molecule has 1 N–H and O–H groups in total. The van der Waals surface area contributed by atoms with E-state index < -0.39 is 11.8 Å². The van der Waals surface area contributed by atoms with E-state index in [1.807, 2.05) is 18.5 Å². The molecule has 2 aromatic carbocycles. The predicted octanol–water partition coefficient (Wildman–Crippen LogP) is 8.69. The minimum Gasteiger partial charge on any atom is -0.367 e. The second-order valence-electron chi connectivity index (χ2n) is 13.9. The first-order valence-corrected chi connectivity index (χ1v) is 18.6. The van der Waals surface area contributed by atoms with E-state index in [0.717, 1.165) is 90.7 Å². The number of allylic oxidation sites excluding steroid dienone is 2. The van der Waals surface area contributed by atoms with Gasteiger partial charge >= 0.3 is 5.38 Å². The summed E-state index contributed by atoms with van der Waals surface area (Å²) in [5.74, 6) is 1.27. The molecule has 1 fully saturated rings. The number of hydrogen-bond acceptors (Lipinski definition) is 8. The Morgan fingerprint density at radius 2 is 1.75 bits per heavy atom. The van der Waals surface area contributed by atoms with E-state index in [2.05, 4.69) is 74.8 Å². The number of anilines is 2. The van der Waals surface area contributed by atoms with E-state index in [1.54, 1.807) is 18.5 Å². The molecule has 53 heavy (non-hydrogen) atoms. The van der Waals surface area contributed by atoms with E-state index in [0.29, 0.717) is 41.7 Å². The number of fused-ring (bicyclic) bond motifs is 2. The van der Waals surface area contributed by atoms with Gasteiger partial charge in [0.15, 0.2) is 5.82 Å². The van der Waals surface area contributed by atoms with Gasteiger partial charge in [-0.05, 0) is 91.6 Å². The minimum absolute atomic E-state index is 0.289. The monoisotopic (exact) mass is 757 g/mol. The highest BCUT2D eigenvalue weighted by molar-refractivity contribution is 6.33. The number of alkyl halides is 3. The summed E-state index contributed by atoms with van der Waals surface area (Å²) in [6.07, 6.45) is 4.98. The Kier molecular flexibility index (Phi) is 10.1. The molecule has 4 aromatic rings. The Labute approximate surface area is 319 Å². The van der Waals surface area contributed by atoms with Crippen molar-refractivity contribution in [2.75, 3.05) is 42.9 Å². The van der Waals surface area contributed by atoms with Gasteiger partial charge in [0, 0.05) is 48.8 Å². The lowest BCUT2D eigenvalue weighted by molar-refractivity contribution is 0.0970. The van der Waals surface area contributed by atoms with Crippen molar-refractivity contribution in [1.82, 2.24) is 34.5 Å². The third-order valence-corrected chi connectivity index (χ3v) is 10.8. The highest BCUT2D eigenvalue weighted by Gasteiger charge is 2.35. The molecule has 0 unspecified atom stereocenters. The summed E-state index contributed by atoms with van der Waals surface area (Å²) in [5.41, 5.74) is 11.8. The molecule has 1 saturated heterocycles. The topological polar surface area (TPSA) is 78.2 Å². The standard InChI is InChI=1S/C40H43Cl2F2N9/c1-7-35-37(51-17-15-50(16-18-51)27(5)36-25(3)26(4)45-23-46-36)28(6)53-39(48-38(49-53)32-13-12-30-9-8-10-31(30)20-32)52(35)22-24(2)47-34-14-11-29(19-33(34)41)21-40(42,43)44/h11-14,19-20,23,47H,2,5-10,15-18,21-22H2,1,3-4H3. The van der Waals surface area contributed by atoms with E-state index in [9.17, 15) is 8.78 Å². The molecule has 0 amide bonds. The Morgan fingerprint density at radius 1 is 1.00 bits per heavy atom. The largest absolute Gasteiger partial charge is 0.367 e. The molecule has 0 saturated carbocycles. The van der Waals surface area contributed by atoms with Crippen LogP contribution in [0.5, 0.6) is 0 Å². The van der Waals surface area contributed by atoms with Crippen LogP contribution >= 0.6 is 23.2 Å². The lowest BCUT2D eigenvalue weighted by Crippen LogP contribution is -2.47. The summed E-state index contributed by atoms with van der Waals surface area (Å²) in [4.78, 5) is 20.8. The van der Waals surface area contributed by atoms with E-state index in [-0.39, 0.29) is 5.02 Å². The zero-order valence-electron chi connectivity index (χ0n) is 30.3. The third-order valence-electron chi connectivity index (χ3n) is 10.3. The molecule has 4 heterocycles. The lowest BCUT2D eigenvalue weighted by atomic mass is 10.1. The van der Waals surface area contributed by atoms with Crippen molar-refractivity contribution in [2.24, 2.45) is 0 Å². The Balaban J connectivity index is 1.19. The summed E-state index contributed by atoms with van der Waals surface area (Å²) in [7, 11) is 0. The third kappa shape index (κ3) is 7.42. The minimum atomic E-state index is -3.36. The van der Waals surface area contributed by atoms with Gasteiger partial charge in [-0.25, -0.2) is 9.97 Å². The van der Waals surface area contributed by atoms with Crippen molar-refractivity contribution >= 4 is 46.2 Å². The second kappa shape index (κ2) is 14.6. The number of piperazine rings is 1. The van der Waals surface area contributed by atoms with Gasteiger partial charge in [-0.15, -0.1) is 5.10 Å². The smallest absolute Gasteiger partial charge is 0.325 e. The molecule has 0 spiro atoms. The first kappa shape index (κ1) is 36.6. The maximum Gasteiger partial charge on any atom is 0.325 e. The molecule has 2 aromatic heterocycles. The van der Waals surface area contributed by atoms with Crippen LogP contribution in [0.25, 0.3) is 22.8 Å². The normalized spacial score (nSPS) is 15.9. The summed E-state index contributed by atoms with van der Waals surface area (Å²) in [6, 6.07) is 11.3. The van der Waals surface area contributed by atoms with E-state index in [4.69, 9.17) is 33.3 Å². The number of rotatable bonds is 11. The fraction of sp³-hybridized carbons (Fsp3) is 0.350. The Hall–Kier alpha value is -4.74. The highest BCUT2D eigenvalue weighted by Crippen LogP contribution is 2.39. The van der Waals surface area contributed by atoms with Gasteiger partial charge < -0.3 is 20.0 Å². The van der Waals surface area contributed by atoms with Gasteiger partial charge in [0.1, 0.15) is 6.33 Å². The average Bonchev–Trinajstić information content (AvgIpc) is 3.79. The molecule has 3 aliphatic rings. The molecule has 0 radical (unpaired) electrons. The van der Waals surface area contributed by atoms with Crippen molar-refractivity contribution in [2.45, 2.75) is 58.3 Å². The highest BCUT2D eigenvalue weighted by atomic mass is 35.5. The Morgan fingerprint density at radius 3 is 2.47 bits per heavy atom. The summed E-state index contributed by atoms with van der Waals surface area (Å²) in [6.45, 7) is 22.8. The van der Waals surface area contributed by atoms with Crippen LogP contribution in [0.2, 0.25) is 5.02 Å². The van der Waals surface area contributed by atoms with Crippen molar-refractivity contribution in [3.8, 4) is 11.4 Å². The van der Waals surface area contributed by atoms with Gasteiger partial charge in [-0.2, -0.15) is 18.4 Å². The molecule has 2 aliphatic heterocycles. The second-order valence-corrected chi connectivity index (χ2v) is 14.8. The summed E-state index contributed by atoms with van der Waals surface area (Å²) >= 11 is 11.7. The average molecular weight is 759 g/mol. The van der Waals surface area contributed by atoms with E-state index >= 15 is 0 Å². The van der Waals surface area contributed by atoms with Gasteiger partial charge in [0.25, 0.3) is 0 Å². The molecular weight excluding hydrogens is 715 g/mol. The summed E-state index contributed by atoms with van der Waals surface area (Å²) in [5, 5.41) is 5.30. The van der Waals surface area contributed by atoms with Gasteiger partial charge in [0.05, 0.1) is 46.5 Å². The van der Waals surface area contributed by atoms with Crippen LogP contribution < -0.4 is 10.2 Å². The number of hydrogen-bond donors (Lipinski definition) is 1. The number of nitrogens with zero attached hydrogens (tertiary/aromatic N) is 8. The van der Waals surface area contributed by atoms with Crippen LogP contribution in [-0.2, 0) is 19.3 Å². The fourth-order valence-corrected chi connectivity index (χ4v) is 7.90. The lowest BCUT2D eigenvalue weighted by Gasteiger charge is -2.43. The maximum atomic E-state index is 13.5. The van der Waals surface area contributed by atoms with Crippen LogP contribution in [0, 0.1) is 13.8 Å². The molecule has 13 heteroatoms. The SMILES string of the molecule is C=C(CN1C(CC)=C(N2CCN(C(=C)c3ncnc(C)c3C)CC2)C(=C)n2nc(-c3ccc4c(c3)CCC4)nc21)Nc1ccc(CC(F)(F)Cl)cc1Cl. The maximum absolute atomic E-state index is 13.5. The predicted molar refractivity (Wildman–Crippen MR) is 210 cm³/mol. The zero-order chi connectivity index (χ0) is 37.6. The quantitative estimate of drug-likeness (QED) is 0.152. The molecule has 276 valence electrons. The molecular formula is C40H43Cl2F2N9. The molecule has 0 bridgehead atoms. The molecule has 1 aliphatic carbocycles. The number of aromatic nitrogens is 5. The van der Waals surface area contributed by atoms with Crippen molar-refractivity contribution in [3.63, 3.8) is 0 Å². The van der Waals surface area contributed by atoms with Crippen LogP contribution in [-0.4, -0.2) is 72.6 Å². The van der Waals surface area contributed by atoms with Crippen LogP contribution in [0.15, 0.2) is 79.6 Å². The first-order valence-electron chi connectivity index (χ1n) is 17.9. The zero-order valence-corrected chi connectivity index (χ0v) is 31.8. The van der Waals surface area contributed by atoms with Crippen LogP contribution in [0.3, 0.4) is 0 Å². The van der Waals surface area contributed by atoms with Crippen LogP contribution in [0.4, 0.5) is 20.4 Å². The molecule has 7 rings (SSSR count). The Bertz CT molecular complexity index is 2140.